The van der Waals surface area contributed by atoms with Crippen LogP contribution in [0.25, 0.3) is 0 Å². The average Bonchev–Trinajstić information content (AvgIpc) is 2.86. The predicted octanol–water partition coefficient (Wildman–Crippen LogP) is 3.80. The quantitative estimate of drug-likeness (QED) is 0.466. The number of carbonyl (C=O) groups excluding carboxylic acids is 1. The van der Waals surface area contributed by atoms with Gasteiger partial charge in [0.25, 0.3) is 11.5 Å². The van der Waals surface area contributed by atoms with Crippen LogP contribution in [0.3, 0.4) is 0 Å². The maximum Gasteiger partial charge on any atom is 0.261 e. The molecule has 0 aliphatic carbocycles. The second-order valence-electron chi connectivity index (χ2n) is 8.07. The van der Waals surface area contributed by atoms with E-state index in [1.165, 1.54) is 4.57 Å². The van der Waals surface area contributed by atoms with Crippen LogP contribution in [0.4, 0.5) is 5.95 Å². The monoisotopic (exact) mass is 510 g/mol. The third kappa shape index (κ3) is 6.16. The van der Waals surface area contributed by atoms with Crippen molar-refractivity contribution in [2.24, 2.45) is 0 Å². The van der Waals surface area contributed by atoms with Crippen LogP contribution in [0.15, 0.2) is 53.3 Å². The van der Waals surface area contributed by atoms with Crippen molar-refractivity contribution in [2.75, 3.05) is 25.0 Å². The number of aromatic nitrogens is 2. The number of nitrogens with zero attached hydrogens (tertiary/aromatic N) is 3. The molecule has 9 heteroatoms. The van der Waals surface area contributed by atoms with E-state index < -0.39 is 0 Å². The molecular formula is C26H24Cl2N4O3. The van der Waals surface area contributed by atoms with Crippen molar-refractivity contribution in [3.05, 3.63) is 85.8 Å². The number of fused-ring (bicyclic) bond motifs is 1. The highest BCUT2D eigenvalue weighted by atomic mass is 35.5. The second kappa shape index (κ2) is 11.3. The van der Waals surface area contributed by atoms with Gasteiger partial charge in [-0.3, -0.25) is 14.2 Å². The number of rotatable bonds is 8. The van der Waals surface area contributed by atoms with Crippen LogP contribution in [-0.4, -0.2) is 40.1 Å². The van der Waals surface area contributed by atoms with Gasteiger partial charge in [0, 0.05) is 29.6 Å². The Kier molecular flexibility index (Phi) is 7.96. The highest BCUT2D eigenvalue weighted by Gasteiger charge is 2.26. The van der Waals surface area contributed by atoms with E-state index >= 15 is 0 Å². The van der Waals surface area contributed by atoms with Gasteiger partial charge in [0.05, 0.1) is 24.3 Å². The minimum atomic E-state index is -0.238. The van der Waals surface area contributed by atoms with Crippen LogP contribution >= 0.6 is 23.2 Å². The molecule has 1 aliphatic rings. The third-order valence-corrected chi connectivity index (χ3v) is 6.21. The molecule has 1 aromatic heterocycles. The Bertz CT molecular complexity index is 1300. The predicted molar refractivity (Wildman–Crippen MR) is 137 cm³/mol. The molecule has 7 nitrogen and oxygen atoms in total. The fraction of sp³-hybridized carbons (Fsp3) is 0.269. The first-order chi connectivity index (χ1) is 16.9. The lowest BCUT2D eigenvalue weighted by molar-refractivity contribution is -0.134. The van der Waals surface area contributed by atoms with Gasteiger partial charge < -0.3 is 15.0 Å². The zero-order valence-corrected chi connectivity index (χ0v) is 20.5. The second-order valence-corrected chi connectivity index (χ2v) is 8.94. The summed E-state index contributed by atoms with van der Waals surface area (Å²) in [6.07, 6.45) is 6.73. The molecule has 180 valence electrons. The zero-order chi connectivity index (χ0) is 24.8. The topological polar surface area (TPSA) is 76.5 Å². The van der Waals surface area contributed by atoms with Crippen molar-refractivity contribution in [3.8, 4) is 18.1 Å². The summed E-state index contributed by atoms with van der Waals surface area (Å²) in [6, 6.07) is 14.4. The van der Waals surface area contributed by atoms with E-state index in [0.717, 1.165) is 12.0 Å². The average molecular weight is 511 g/mol. The third-order valence-electron chi connectivity index (χ3n) is 5.70. The van der Waals surface area contributed by atoms with Gasteiger partial charge in [0.1, 0.15) is 5.75 Å². The van der Waals surface area contributed by atoms with Gasteiger partial charge in [-0.25, -0.2) is 4.98 Å². The molecule has 0 bridgehead atoms. The molecule has 2 aromatic carbocycles. The Labute approximate surface area is 213 Å². The lowest BCUT2D eigenvalue weighted by Crippen LogP contribution is -2.43. The number of ether oxygens (including phenoxy) is 1. The number of amides is 1. The summed E-state index contributed by atoms with van der Waals surface area (Å²) in [5.41, 5.74) is 2.04. The summed E-state index contributed by atoms with van der Waals surface area (Å²) in [7, 11) is 0. The number of hydrogen-bond donors (Lipinski definition) is 1. The Balaban J connectivity index is 1.44. The lowest BCUT2D eigenvalue weighted by Gasteiger charge is -2.29. The van der Waals surface area contributed by atoms with Crippen molar-refractivity contribution < 1.29 is 9.53 Å². The van der Waals surface area contributed by atoms with Gasteiger partial charge >= 0.3 is 0 Å². The molecule has 1 N–H and O–H groups in total. The maximum absolute atomic E-state index is 13.3. The van der Waals surface area contributed by atoms with Crippen molar-refractivity contribution in [3.63, 3.8) is 0 Å². The summed E-state index contributed by atoms with van der Waals surface area (Å²) >= 11 is 11.8. The Morgan fingerprint density at radius 1 is 1.11 bits per heavy atom. The highest BCUT2D eigenvalue weighted by Crippen LogP contribution is 2.19. The van der Waals surface area contributed by atoms with Crippen LogP contribution < -0.4 is 15.6 Å². The van der Waals surface area contributed by atoms with E-state index in [-0.39, 0.29) is 31.2 Å². The van der Waals surface area contributed by atoms with Crippen molar-refractivity contribution in [1.82, 2.24) is 14.5 Å². The Morgan fingerprint density at radius 3 is 2.49 bits per heavy atom. The van der Waals surface area contributed by atoms with E-state index in [0.29, 0.717) is 52.5 Å². The van der Waals surface area contributed by atoms with E-state index in [4.69, 9.17) is 34.4 Å². The fourth-order valence-corrected chi connectivity index (χ4v) is 4.09. The number of anilines is 1. The van der Waals surface area contributed by atoms with Gasteiger partial charge in [-0.2, -0.15) is 0 Å². The summed E-state index contributed by atoms with van der Waals surface area (Å²) in [6.45, 7) is 1.14. The number of carbonyl (C=O) groups is 1. The first kappa shape index (κ1) is 24.6. The first-order valence-electron chi connectivity index (χ1n) is 11.1. The summed E-state index contributed by atoms with van der Waals surface area (Å²) < 4.78 is 7.01. The first-order valence-corrected chi connectivity index (χ1v) is 11.9. The molecular weight excluding hydrogens is 487 g/mol. The molecule has 1 amide bonds. The fourth-order valence-electron chi connectivity index (χ4n) is 3.84. The number of nitrogens with one attached hydrogen (secondary N) is 1. The molecule has 35 heavy (non-hydrogen) atoms. The molecule has 0 saturated carbocycles. The van der Waals surface area contributed by atoms with Crippen LogP contribution in [0, 0.1) is 12.3 Å². The van der Waals surface area contributed by atoms with E-state index in [1.807, 2.05) is 24.3 Å². The standard InChI is InChI=1S/C26H24Cl2N4O3/c1-2-14-32-25(34)22-16-31(24(33)17-35-21-9-7-20(28)8-10-21)15-12-23(22)30-26(32)29-13-11-18-3-5-19(27)6-4-18/h1,3-10H,11-17H2,(H,29,30). The zero-order valence-electron chi connectivity index (χ0n) is 19.0. The van der Waals surface area contributed by atoms with E-state index in [9.17, 15) is 9.59 Å². The van der Waals surface area contributed by atoms with Crippen molar-refractivity contribution in [2.45, 2.75) is 25.9 Å². The number of halogens is 2. The summed E-state index contributed by atoms with van der Waals surface area (Å²) in [5.74, 6) is 3.30. The highest BCUT2D eigenvalue weighted by molar-refractivity contribution is 6.30. The van der Waals surface area contributed by atoms with Crippen molar-refractivity contribution in [1.29, 1.82) is 0 Å². The largest absolute Gasteiger partial charge is 0.484 e. The minimum absolute atomic E-state index is 0.0794. The number of benzene rings is 2. The molecule has 0 spiro atoms. The van der Waals surface area contributed by atoms with Gasteiger partial charge in [0.15, 0.2) is 6.61 Å². The van der Waals surface area contributed by atoms with Gasteiger partial charge in [-0.05, 0) is 48.4 Å². The molecule has 1 aliphatic heterocycles. The molecule has 3 aromatic rings. The van der Waals surface area contributed by atoms with Crippen molar-refractivity contribution >= 4 is 35.1 Å². The minimum Gasteiger partial charge on any atom is -0.484 e. The Hall–Kier alpha value is -3.47. The number of hydrogen-bond acceptors (Lipinski definition) is 5. The lowest BCUT2D eigenvalue weighted by atomic mass is 10.1. The molecule has 4 rings (SSSR count). The van der Waals surface area contributed by atoms with Gasteiger partial charge in [-0.15, -0.1) is 6.42 Å². The van der Waals surface area contributed by atoms with E-state index in [2.05, 4.69) is 16.2 Å². The smallest absolute Gasteiger partial charge is 0.261 e. The van der Waals surface area contributed by atoms with Crippen LogP contribution in [0.1, 0.15) is 16.8 Å². The molecule has 0 fully saturated rings. The Morgan fingerprint density at radius 2 is 1.80 bits per heavy atom. The normalized spacial score (nSPS) is 12.5. The SMILES string of the molecule is C#CCn1c(NCCc2ccc(Cl)cc2)nc2c(c1=O)CN(C(=O)COc1ccc(Cl)cc1)CC2. The van der Waals surface area contributed by atoms with Gasteiger partial charge in [-0.1, -0.05) is 41.3 Å². The summed E-state index contributed by atoms with van der Waals surface area (Å²) in [4.78, 5) is 32.3. The summed E-state index contributed by atoms with van der Waals surface area (Å²) in [5, 5.41) is 4.52. The molecule has 0 radical (unpaired) electrons. The number of terminal acetylenes is 1. The molecule has 0 saturated heterocycles. The van der Waals surface area contributed by atoms with Crippen LogP contribution in [-0.2, 0) is 30.7 Å². The van der Waals surface area contributed by atoms with Gasteiger partial charge in [0.2, 0.25) is 5.95 Å². The van der Waals surface area contributed by atoms with Crippen LogP contribution in [0.2, 0.25) is 10.0 Å². The maximum atomic E-state index is 13.3. The molecule has 0 atom stereocenters. The van der Waals surface area contributed by atoms with Crippen LogP contribution in [0.5, 0.6) is 5.75 Å². The van der Waals surface area contributed by atoms with E-state index in [1.54, 1.807) is 29.2 Å². The molecule has 2 heterocycles. The molecule has 0 unspecified atom stereocenters.